The Labute approximate surface area is 205 Å². The number of imidazole rings is 1. The summed E-state index contributed by atoms with van der Waals surface area (Å²) < 4.78 is 53.6. The van der Waals surface area contributed by atoms with E-state index in [1.165, 1.54) is 11.5 Å². The second-order valence-electron chi connectivity index (χ2n) is 8.72. The highest BCUT2D eigenvalue weighted by Crippen LogP contribution is 2.40. The lowest BCUT2D eigenvalue weighted by Gasteiger charge is -2.15. The maximum atomic E-state index is 13.9. The summed E-state index contributed by atoms with van der Waals surface area (Å²) >= 11 is 0. The average Bonchev–Trinajstić information content (AvgIpc) is 3.44. The van der Waals surface area contributed by atoms with Crippen LogP contribution in [0.25, 0.3) is 16.9 Å². The molecule has 3 heterocycles. The van der Waals surface area contributed by atoms with Crippen molar-refractivity contribution in [2.75, 3.05) is 19.0 Å². The molecular weight excluding hydrogens is 471 g/mol. The average molecular weight is 496 g/mol. The number of hydrogen-bond acceptors (Lipinski definition) is 5. The molecule has 186 valence electrons. The topological polar surface area (TPSA) is 64.9 Å². The smallest absolute Gasteiger partial charge is 0.435 e. The van der Waals surface area contributed by atoms with E-state index in [1.54, 1.807) is 36.5 Å². The number of methoxy groups -OCH3 is 1. The van der Waals surface area contributed by atoms with E-state index in [-0.39, 0.29) is 29.6 Å². The van der Waals surface area contributed by atoms with Crippen LogP contribution in [0, 0.1) is 6.92 Å². The van der Waals surface area contributed by atoms with Gasteiger partial charge in [-0.15, -0.1) is 0 Å². The molecule has 0 unspecified atom stereocenters. The first-order valence-corrected chi connectivity index (χ1v) is 11.5. The highest BCUT2D eigenvalue weighted by atomic mass is 19.4. The minimum atomic E-state index is -4.59. The van der Waals surface area contributed by atoms with E-state index in [2.05, 4.69) is 10.3 Å². The van der Waals surface area contributed by atoms with E-state index >= 15 is 0 Å². The quantitative estimate of drug-likeness (QED) is 0.334. The van der Waals surface area contributed by atoms with Crippen LogP contribution in [0.3, 0.4) is 0 Å². The Hall–Kier alpha value is -4.01. The summed E-state index contributed by atoms with van der Waals surface area (Å²) in [5.74, 6) is 0.377. The van der Waals surface area contributed by atoms with E-state index in [9.17, 15) is 18.0 Å². The SMILES string of the molecule is COC(=O)C[C@@H]1COc2cc(NCc3cccc(-c4c(C(F)(F)F)nc5ccccn45)c3C)ccc21. The van der Waals surface area contributed by atoms with E-state index in [0.717, 1.165) is 22.4 Å². The molecule has 0 saturated heterocycles. The Balaban J connectivity index is 1.41. The molecule has 0 amide bonds. The maximum Gasteiger partial charge on any atom is 0.435 e. The number of carbonyl (C=O) groups is 1. The third-order valence-electron chi connectivity index (χ3n) is 6.52. The monoisotopic (exact) mass is 495 g/mol. The summed E-state index contributed by atoms with van der Waals surface area (Å²) in [6.07, 6.45) is -2.74. The van der Waals surface area contributed by atoms with Crippen LogP contribution in [0.2, 0.25) is 0 Å². The summed E-state index contributed by atoms with van der Waals surface area (Å²) in [4.78, 5) is 15.5. The molecule has 0 fully saturated rings. The third kappa shape index (κ3) is 4.36. The van der Waals surface area contributed by atoms with Gasteiger partial charge in [0.05, 0.1) is 25.8 Å². The van der Waals surface area contributed by atoms with Crippen LogP contribution in [-0.2, 0) is 22.3 Å². The van der Waals surface area contributed by atoms with Crippen molar-refractivity contribution in [3.05, 3.63) is 83.2 Å². The molecule has 2 aromatic heterocycles. The van der Waals surface area contributed by atoms with Crippen molar-refractivity contribution in [2.45, 2.75) is 32.0 Å². The highest BCUT2D eigenvalue weighted by molar-refractivity contribution is 5.73. The number of hydrogen-bond donors (Lipinski definition) is 1. The van der Waals surface area contributed by atoms with Gasteiger partial charge in [0, 0.05) is 41.5 Å². The molecular formula is C27H24F3N3O3. The maximum absolute atomic E-state index is 13.9. The van der Waals surface area contributed by atoms with Gasteiger partial charge in [-0.1, -0.05) is 30.3 Å². The molecule has 0 aliphatic carbocycles. The Morgan fingerprint density at radius 3 is 2.81 bits per heavy atom. The minimum Gasteiger partial charge on any atom is -0.493 e. The number of rotatable bonds is 6. The van der Waals surface area contributed by atoms with Crippen LogP contribution in [0.5, 0.6) is 5.75 Å². The lowest BCUT2D eigenvalue weighted by Crippen LogP contribution is -2.09. The Morgan fingerprint density at radius 1 is 1.19 bits per heavy atom. The van der Waals surface area contributed by atoms with Gasteiger partial charge in [-0.2, -0.15) is 13.2 Å². The summed E-state index contributed by atoms with van der Waals surface area (Å²) in [6.45, 7) is 2.63. The second-order valence-corrected chi connectivity index (χ2v) is 8.72. The van der Waals surface area contributed by atoms with Crippen LogP contribution < -0.4 is 10.1 Å². The summed E-state index contributed by atoms with van der Waals surface area (Å²) in [5.41, 5.74) is 3.20. The zero-order valence-electron chi connectivity index (χ0n) is 19.7. The first-order valence-electron chi connectivity index (χ1n) is 11.5. The lowest BCUT2D eigenvalue weighted by molar-refractivity contribution is -0.141. The number of benzene rings is 2. The largest absolute Gasteiger partial charge is 0.493 e. The summed E-state index contributed by atoms with van der Waals surface area (Å²) in [5, 5.41) is 3.34. The summed E-state index contributed by atoms with van der Waals surface area (Å²) in [7, 11) is 1.36. The van der Waals surface area contributed by atoms with Crippen LogP contribution in [0.1, 0.15) is 34.7 Å². The van der Waals surface area contributed by atoms with Crippen LogP contribution >= 0.6 is 0 Å². The second kappa shape index (κ2) is 9.22. The van der Waals surface area contributed by atoms with Gasteiger partial charge in [0.2, 0.25) is 0 Å². The van der Waals surface area contributed by atoms with Crippen LogP contribution in [0.4, 0.5) is 18.9 Å². The number of esters is 1. The normalized spacial score (nSPS) is 15.0. The molecule has 1 aliphatic rings. The zero-order chi connectivity index (χ0) is 25.4. The number of nitrogens with zero attached hydrogens (tertiary/aromatic N) is 2. The molecule has 1 atom stereocenters. The molecule has 5 rings (SSSR count). The number of nitrogens with one attached hydrogen (secondary N) is 1. The Morgan fingerprint density at radius 2 is 2.03 bits per heavy atom. The van der Waals surface area contributed by atoms with Crippen LogP contribution in [0.15, 0.2) is 60.8 Å². The van der Waals surface area contributed by atoms with Crippen molar-refractivity contribution in [3.63, 3.8) is 0 Å². The van der Waals surface area contributed by atoms with Gasteiger partial charge in [-0.3, -0.25) is 9.20 Å². The number of ether oxygens (including phenoxy) is 2. The van der Waals surface area contributed by atoms with Gasteiger partial charge in [-0.05, 0) is 36.2 Å². The molecule has 1 N–H and O–H groups in total. The number of pyridine rings is 1. The molecule has 1 aliphatic heterocycles. The van der Waals surface area contributed by atoms with Gasteiger partial charge in [0.1, 0.15) is 11.4 Å². The van der Waals surface area contributed by atoms with Crippen molar-refractivity contribution >= 4 is 17.3 Å². The Bertz CT molecular complexity index is 1450. The first kappa shape index (κ1) is 23.7. The zero-order valence-corrected chi connectivity index (χ0v) is 19.7. The van der Waals surface area contributed by atoms with E-state index in [4.69, 9.17) is 9.47 Å². The van der Waals surface area contributed by atoms with E-state index in [1.807, 2.05) is 31.2 Å². The van der Waals surface area contributed by atoms with E-state index in [0.29, 0.717) is 24.5 Å². The van der Waals surface area contributed by atoms with E-state index < -0.39 is 11.9 Å². The number of anilines is 1. The number of carbonyl (C=O) groups excluding carboxylic acids is 1. The Kier molecular flexibility index (Phi) is 6.07. The molecule has 0 radical (unpaired) electrons. The van der Waals surface area contributed by atoms with Gasteiger partial charge >= 0.3 is 12.1 Å². The fraction of sp³-hybridized carbons (Fsp3) is 0.259. The lowest BCUT2D eigenvalue weighted by atomic mass is 9.97. The predicted octanol–water partition coefficient (Wildman–Crippen LogP) is 5.98. The molecule has 6 nitrogen and oxygen atoms in total. The summed E-state index contributed by atoms with van der Waals surface area (Å²) in [6, 6.07) is 15.9. The molecule has 0 bridgehead atoms. The first-order chi connectivity index (χ1) is 17.3. The van der Waals surface area contributed by atoms with Crippen LogP contribution in [-0.4, -0.2) is 29.1 Å². The minimum absolute atomic E-state index is 0.0278. The number of aromatic nitrogens is 2. The number of halogens is 3. The standard InChI is InChI=1S/C27H24F3N3O3/c1-16-17(14-31-19-9-10-21-18(12-24(34)35-2)15-36-22(21)13-19)6-5-7-20(16)25-26(27(28,29)30)32-23-8-3-4-11-33(23)25/h3-11,13,18,31H,12,14-15H2,1-2H3/t18-/m1/s1. The molecule has 2 aromatic carbocycles. The third-order valence-corrected chi connectivity index (χ3v) is 6.52. The predicted molar refractivity (Wildman–Crippen MR) is 129 cm³/mol. The van der Waals surface area contributed by atoms with Crippen molar-refractivity contribution in [1.29, 1.82) is 0 Å². The molecule has 9 heteroatoms. The van der Waals surface area contributed by atoms with Crippen molar-refractivity contribution in [2.24, 2.45) is 0 Å². The molecule has 36 heavy (non-hydrogen) atoms. The number of alkyl halides is 3. The van der Waals surface area contributed by atoms with Gasteiger partial charge in [0.25, 0.3) is 0 Å². The van der Waals surface area contributed by atoms with Gasteiger partial charge in [-0.25, -0.2) is 4.98 Å². The number of fused-ring (bicyclic) bond motifs is 2. The van der Waals surface area contributed by atoms with Crippen molar-refractivity contribution < 1.29 is 27.4 Å². The fourth-order valence-electron chi connectivity index (χ4n) is 4.62. The molecule has 0 spiro atoms. The van der Waals surface area contributed by atoms with Crippen molar-refractivity contribution in [1.82, 2.24) is 9.38 Å². The molecule has 0 saturated carbocycles. The van der Waals surface area contributed by atoms with Crippen molar-refractivity contribution in [3.8, 4) is 17.0 Å². The highest BCUT2D eigenvalue weighted by Gasteiger charge is 2.38. The molecule has 4 aromatic rings. The van der Waals surface area contributed by atoms with Gasteiger partial charge < -0.3 is 14.8 Å². The van der Waals surface area contributed by atoms with Gasteiger partial charge in [0.15, 0.2) is 5.69 Å². The fourth-order valence-corrected chi connectivity index (χ4v) is 4.62.